The summed E-state index contributed by atoms with van der Waals surface area (Å²) in [5.41, 5.74) is -0.242. The topological polar surface area (TPSA) is 127 Å². The Kier molecular flexibility index (Phi) is 4.84. The Morgan fingerprint density at radius 1 is 1.15 bits per heavy atom. The van der Waals surface area contributed by atoms with Gasteiger partial charge in [0.1, 0.15) is 0 Å². The van der Waals surface area contributed by atoms with Gasteiger partial charge in [-0.2, -0.15) is 0 Å². The lowest BCUT2D eigenvalue weighted by molar-refractivity contribution is -0.385. The fourth-order valence-corrected chi connectivity index (χ4v) is 2.79. The first-order valence-corrected chi connectivity index (χ1v) is 8.14. The molecule has 1 amide bonds. The molecule has 0 saturated carbocycles. The molecule has 0 aliphatic heterocycles. The van der Waals surface area contributed by atoms with Crippen molar-refractivity contribution in [3.05, 3.63) is 78.8 Å². The van der Waals surface area contributed by atoms with Gasteiger partial charge in [0.25, 0.3) is 16.8 Å². The van der Waals surface area contributed by atoms with Crippen LogP contribution in [0.4, 0.5) is 11.4 Å². The lowest BCUT2D eigenvalue weighted by Crippen LogP contribution is -2.31. The summed E-state index contributed by atoms with van der Waals surface area (Å²) in [6.45, 7) is 1.51. The number of carbonyl (C=O) groups is 1. The number of aryl methyl sites for hydroxylation is 1. The smallest absolute Gasteiger partial charge is 0.274 e. The molecule has 0 spiro atoms. The second-order valence-electron chi connectivity index (χ2n) is 5.95. The molecule has 9 heteroatoms. The summed E-state index contributed by atoms with van der Waals surface area (Å²) in [4.78, 5) is 47.1. The van der Waals surface area contributed by atoms with Gasteiger partial charge in [-0.1, -0.05) is 18.2 Å². The third kappa shape index (κ3) is 3.61. The third-order valence-electron chi connectivity index (χ3n) is 4.22. The van der Waals surface area contributed by atoms with Crippen LogP contribution in [0.1, 0.15) is 12.0 Å². The standard InChI is InChI=1S/C18H16N4O5/c1-11-14(7-4-8-15(11)22(26)27)19-16(23)9-10-21-18(25)13-6-3-2-5-12(13)17(24)20-21/h2-8H,9-10H2,1H3,(H,19,23)(H,20,24). The van der Waals surface area contributed by atoms with Crippen molar-refractivity contribution >= 4 is 28.1 Å². The number of nitro benzene ring substituents is 1. The molecule has 0 unspecified atom stereocenters. The largest absolute Gasteiger partial charge is 0.326 e. The Hall–Kier alpha value is -3.75. The molecule has 138 valence electrons. The molecule has 2 aromatic carbocycles. The van der Waals surface area contributed by atoms with E-state index in [0.717, 1.165) is 4.68 Å². The van der Waals surface area contributed by atoms with E-state index in [2.05, 4.69) is 10.4 Å². The second kappa shape index (κ2) is 7.24. The van der Waals surface area contributed by atoms with Crippen LogP contribution in [0, 0.1) is 17.0 Å². The van der Waals surface area contributed by atoms with Crippen molar-refractivity contribution in [1.82, 2.24) is 9.78 Å². The first-order chi connectivity index (χ1) is 12.9. The fourth-order valence-electron chi connectivity index (χ4n) is 2.79. The van der Waals surface area contributed by atoms with Crippen molar-refractivity contribution in [1.29, 1.82) is 0 Å². The molecule has 0 atom stereocenters. The van der Waals surface area contributed by atoms with Gasteiger partial charge < -0.3 is 5.32 Å². The van der Waals surface area contributed by atoms with Crippen molar-refractivity contribution in [2.45, 2.75) is 19.9 Å². The van der Waals surface area contributed by atoms with Crippen molar-refractivity contribution in [2.24, 2.45) is 0 Å². The molecule has 1 aromatic heterocycles. The number of anilines is 1. The predicted octanol–water partition coefficient (Wildman–Crippen LogP) is 1.94. The van der Waals surface area contributed by atoms with Crippen LogP contribution in [0.5, 0.6) is 0 Å². The molecule has 0 bridgehead atoms. The molecule has 0 saturated heterocycles. The van der Waals surface area contributed by atoms with Gasteiger partial charge in [0.15, 0.2) is 0 Å². The van der Waals surface area contributed by atoms with Gasteiger partial charge in [-0.05, 0) is 25.1 Å². The summed E-state index contributed by atoms with van der Waals surface area (Å²) in [6, 6.07) is 10.8. The van der Waals surface area contributed by atoms with Gasteiger partial charge in [0.05, 0.1) is 33.5 Å². The Bertz CT molecular complexity index is 1160. The number of benzene rings is 2. The van der Waals surface area contributed by atoms with Crippen LogP contribution < -0.4 is 16.4 Å². The summed E-state index contributed by atoms with van der Waals surface area (Å²) >= 11 is 0. The average Bonchev–Trinajstić information content (AvgIpc) is 2.65. The quantitative estimate of drug-likeness (QED) is 0.525. The highest BCUT2D eigenvalue weighted by molar-refractivity contribution is 5.92. The molecule has 3 aromatic rings. The van der Waals surface area contributed by atoms with E-state index in [-0.39, 0.29) is 29.4 Å². The number of carbonyl (C=O) groups excluding carboxylic acids is 1. The Labute approximate surface area is 152 Å². The van der Waals surface area contributed by atoms with Crippen molar-refractivity contribution < 1.29 is 9.72 Å². The zero-order valence-corrected chi connectivity index (χ0v) is 14.4. The first kappa shape index (κ1) is 18.1. The molecule has 0 aliphatic carbocycles. The number of amides is 1. The number of nitrogens with one attached hydrogen (secondary N) is 2. The van der Waals surface area contributed by atoms with Crippen LogP contribution in [0.25, 0.3) is 10.8 Å². The maximum absolute atomic E-state index is 12.4. The summed E-state index contributed by atoms with van der Waals surface area (Å²) in [6.07, 6.45) is -0.0870. The van der Waals surface area contributed by atoms with Crippen LogP contribution in [0.2, 0.25) is 0 Å². The number of nitro groups is 1. The SMILES string of the molecule is Cc1c(NC(=O)CCn2[nH]c(=O)c3ccccc3c2=O)cccc1[N+](=O)[O-]. The lowest BCUT2D eigenvalue weighted by Gasteiger charge is -2.10. The van der Waals surface area contributed by atoms with Gasteiger partial charge in [-0.3, -0.25) is 29.6 Å². The van der Waals surface area contributed by atoms with E-state index >= 15 is 0 Å². The van der Waals surface area contributed by atoms with Crippen molar-refractivity contribution in [2.75, 3.05) is 5.32 Å². The van der Waals surface area contributed by atoms with E-state index in [4.69, 9.17) is 0 Å². The van der Waals surface area contributed by atoms with Gasteiger partial charge in [-0.25, -0.2) is 4.68 Å². The molecule has 0 fully saturated rings. The minimum atomic E-state index is -0.523. The van der Waals surface area contributed by atoms with Gasteiger partial charge in [-0.15, -0.1) is 0 Å². The summed E-state index contributed by atoms with van der Waals surface area (Å²) in [5, 5.41) is 16.6. The van der Waals surface area contributed by atoms with E-state index in [9.17, 15) is 24.5 Å². The molecule has 2 N–H and O–H groups in total. The minimum Gasteiger partial charge on any atom is -0.326 e. The van der Waals surface area contributed by atoms with Crippen LogP contribution >= 0.6 is 0 Å². The molecule has 3 rings (SSSR count). The Morgan fingerprint density at radius 2 is 1.85 bits per heavy atom. The first-order valence-electron chi connectivity index (χ1n) is 8.14. The van der Waals surface area contributed by atoms with Crippen molar-refractivity contribution in [3.63, 3.8) is 0 Å². The zero-order valence-electron chi connectivity index (χ0n) is 14.4. The number of H-pyrrole nitrogens is 1. The Balaban J connectivity index is 1.77. The monoisotopic (exact) mass is 368 g/mol. The molecule has 0 radical (unpaired) electrons. The van der Waals surface area contributed by atoms with E-state index in [0.29, 0.717) is 11.3 Å². The molecule has 0 aliphatic rings. The van der Waals surface area contributed by atoms with Gasteiger partial charge in [0.2, 0.25) is 5.91 Å². The number of aromatic amines is 1. The summed E-state index contributed by atoms with van der Waals surface area (Å²) < 4.78 is 1.09. The second-order valence-corrected chi connectivity index (χ2v) is 5.95. The molecular formula is C18H16N4O5. The zero-order chi connectivity index (χ0) is 19.6. The maximum Gasteiger partial charge on any atom is 0.274 e. The fraction of sp³-hybridized carbons (Fsp3) is 0.167. The molecule has 27 heavy (non-hydrogen) atoms. The molecule has 9 nitrogen and oxygen atoms in total. The highest BCUT2D eigenvalue weighted by Crippen LogP contribution is 2.25. The van der Waals surface area contributed by atoms with E-state index in [1.54, 1.807) is 37.3 Å². The minimum absolute atomic E-state index is 0.0291. The predicted molar refractivity (Wildman–Crippen MR) is 99.9 cm³/mol. The van der Waals surface area contributed by atoms with Crippen LogP contribution in [-0.2, 0) is 11.3 Å². The number of hydrogen-bond donors (Lipinski definition) is 2. The molecular weight excluding hydrogens is 352 g/mol. The van der Waals surface area contributed by atoms with E-state index in [1.165, 1.54) is 12.1 Å². The van der Waals surface area contributed by atoms with E-state index in [1.807, 2.05) is 0 Å². The summed E-state index contributed by atoms with van der Waals surface area (Å²) in [5.74, 6) is -0.431. The molecule has 1 heterocycles. The number of aromatic nitrogens is 2. The van der Waals surface area contributed by atoms with Gasteiger partial charge in [0, 0.05) is 12.5 Å². The summed E-state index contributed by atoms with van der Waals surface area (Å²) in [7, 11) is 0. The normalized spacial score (nSPS) is 10.7. The highest BCUT2D eigenvalue weighted by Gasteiger charge is 2.15. The number of hydrogen-bond acceptors (Lipinski definition) is 5. The Morgan fingerprint density at radius 3 is 2.56 bits per heavy atom. The van der Waals surface area contributed by atoms with Gasteiger partial charge >= 0.3 is 0 Å². The lowest BCUT2D eigenvalue weighted by atomic mass is 10.1. The number of rotatable bonds is 5. The van der Waals surface area contributed by atoms with Crippen LogP contribution in [-0.4, -0.2) is 20.6 Å². The third-order valence-corrected chi connectivity index (χ3v) is 4.22. The maximum atomic E-state index is 12.4. The number of fused-ring (bicyclic) bond motifs is 1. The van der Waals surface area contributed by atoms with E-state index < -0.39 is 21.9 Å². The van der Waals surface area contributed by atoms with Crippen LogP contribution in [0.15, 0.2) is 52.1 Å². The highest BCUT2D eigenvalue weighted by atomic mass is 16.6. The number of nitrogens with zero attached hydrogens (tertiary/aromatic N) is 2. The van der Waals surface area contributed by atoms with Crippen molar-refractivity contribution in [3.8, 4) is 0 Å². The van der Waals surface area contributed by atoms with Crippen LogP contribution in [0.3, 0.4) is 0 Å². The average molecular weight is 368 g/mol.